The molecule has 0 saturated carbocycles. The van der Waals surface area contributed by atoms with Gasteiger partial charge in [-0.25, -0.2) is 4.39 Å². The average molecular weight is 224 g/mol. The van der Waals surface area contributed by atoms with E-state index in [0.29, 0.717) is 10.2 Å². The molecule has 0 radical (unpaired) electrons. The van der Waals surface area contributed by atoms with Crippen molar-refractivity contribution in [2.75, 3.05) is 5.73 Å². The monoisotopic (exact) mass is 223 g/mol. The molecule has 10 heavy (non-hydrogen) atoms. The maximum Gasteiger partial charge on any atom is 0.139 e. The molecule has 0 aromatic heterocycles. The van der Waals surface area contributed by atoms with Gasteiger partial charge in [0.25, 0.3) is 0 Å². The van der Waals surface area contributed by atoms with Gasteiger partial charge in [-0.2, -0.15) is 0 Å². The van der Waals surface area contributed by atoms with Crippen molar-refractivity contribution in [3.05, 3.63) is 27.4 Å². The smallest absolute Gasteiger partial charge is 0.139 e. The predicted molar refractivity (Wildman–Crippen MR) is 43.5 cm³/mol. The minimum atomic E-state index is -0.404. The Hall–Kier alpha value is -0.280. The second kappa shape index (κ2) is 2.76. The summed E-state index contributed by atoms with van der Waals surface area (Å²) < 4.78 is 12.9. The molecule has 0 heterocycles. The Morgan fingerprint density at radius 3 is 2.60 bits per heavy atom. The van der Waals surface area contributed by atoms with Crippen molar-refractivity contribution in [1.29, 1.82) is 0 Å². The molecule has 2 N–H and O–H groups in total. The van der Waals surface area contributed by atoms with Crippen LogP contribution in [-0.2, 0) is 0 Å². The summed E-state index contributed by atoms with van der Waals surface area (Å²) in [6, 6.07) is 2.60. The van der Waals surface area contributed by atoms with E-state index in [4.69, 9.17) is 17.3 Å². The molecule has 0 fully saturated rings. The summed E-state index contributed by atoms with van der Waals surface area (Å²) in [5, 5.41) is 0.237. The lowest BCUT2D eigenvalue weighted by Gasteiger charge is -1.98. The summed E-state index contributed by atoms with van der Waals surface area (Å²) in [5.41, 5.74) is 5.73. The number of benzene rings is 1. The van der Waals surface area contributed by atoms with Gasteiger partial charge in [0.05, 0.1) is 15.2 Å². The molecular weight excluding hydrogens is 220 g/mol. The van der Waals surface area contributed by atoms with Crippen molar-refractivity contribution in [3.63, 3.8) is 0 Å². The van der Waals surface area contributed by atoms with Gasteiger partial charge >= 0.3 is 0 Å². The van der Waals surface area contributed by atoms with Crippen LogP contribution < -0.4 is 5.73 Å². The van der Waals surface area contributed by atoms with Crippen LogP contribution in [0.15, 0.2) is 16.6 Å². The largest absolute Gasteiger partial charge is 0.397 e. The minimum absolute atomic E-state index is 0.237. The standard InChI is InChI=1S/C6H4BrClFN/c7-3-1-6(10)4(8)2-5(3)9/h1-2H,10H2. The van der Waals surface area contributed by atoms with Gasteiger partial charge in [-0.3, -0.25) is 0 Å². The number of nitrogen functional groups attached to an aromatic ring is 1. The Labute approximate surface area is 71.1 Å². The number of halogens is 3. The molecule has 4 heteroatoms. The molecule has 0 spiro atoms. The Balaban J connectivity index is 3.28. The first-order valence-electron chi connectivity index (χ1n) is 2.51. The van der Waals surface area contributed by atoms with Gasteiger partial charge in [-0.15, -0.1) is 0 Å². The number of anilines is 1. The van der Waals surface area contributed by atoms with Crippen LogP contribution in [0.3, 0.4) is 0 Å². The van der Waals surface area contributed by atoms with Crippen LogP contribution in [0.25, 0.3) is 0 Å². The van der Waals surface area contributed by atoms with E-state index >= 15 is 0 Å². The second-order valence-corrected chi connectivity index (χ2v) is 3.05. The van der Waals surface area contributed by atoms with Crippen LogP contribution in [0.4, 0.5) is 10.1 Å². The van der Waals surface area contributed by atoms with Gasteiger partial charge in [-0.05, 0) is 28.1 Å². The summed E-state index contributed by atoms with van der Waals surface area (Å²) in [6.07, 6.45) is 0. The summed E-state index contributed by atoms with van der Waals surface area (Å²) in [6.45, 7) is 0. The van der Waals surface area contributed by atoms with Crippen LogP contribution >= 0.6 is 27.5 Å². The molecule has 0 unspecified atom stereocenters. The van der Waals surface area contributed by atoms with E-state index in [2.05, 4.69) is 15.9 Å². The fraction of sp³-hybridized carbons (Fsp3) is 0. The number of rotatable bonds is 0. The third-order valence-electron chi connectivity index (χ3n) is 1.04. The van der Waals surface area contributed by atoms with Gasteiger partial charge in [0.15, 0.2) is 0 Å². The third kappa shape index (κ3) is 1.41. The van der Waals surface area contributed by atoms with Gasteiger partial charge in [-0.1, -0.05) is 11.6 Å². The summed E-state index contributed by atoms with van der Waals surface area (Å²) in [7, 11) is 0. The zero-order chi connectivity index (χ0) is 7.72. The lowest BCUT2D eigenvalue weighted by Crippen LogP contribution is -1.87. The van der Waals surface area contributed by atoms with E-state index in [1.165, 1.54) is 12.1 Å². The van der Waals surface area contributed by atoms with Crippen molar-refractivity contribution < 1.29 is 4.39 Å². The number of nitrogens with two attached hydrogens (primary N) is 1. The molecule has 0 atom stereocenters. The van der Waals surface area contributed by atoms with Crippen molar-refractivity contribution in [1.82, 2.24) is 0 Å². The predicted octanol–water partition coefficient (Wildman–Crippen LogP) is 2.82. The highest BCUT2D eigenvalue weighted by Crippen LogP contribution is 2.25. The Morgan fingerprint density at radius 2 is 2.10 bits per heavy atom. The highest BCUT2D eigenvalue weighted by atomic mass is 79.9. The van der Waals surface area contributed by atoms with Crippen LogP contribution in [0.2, 0.25) is 5.02 Å². The normalized spacial score (nSPS) is 9.90. The van der Waals surface area contributed by atoms with Crippen LogP contribution in [0.5, 0.6) is 0 Å². The van der Waals surface area contributed by atoms with E-state index in [9.17, 15) is 4.39 Å². The van der Waals surface area contributed by atoms with Crippen molar-refractivity contribution in [2.45, 2.75) is 0 Å². The Morgan fingerprint density at radius 1 is 1.50 bits per heavy atom. The van der Waals surface area contributed by atoms with Crippen molar-refractivity contribution in [3.8, 4) is 0 Å². The highest BCUT2D eigenvalue weighted by molar-refractivity contribution is 9.10. The van der Waals surface area contributed by atoms with E-state index in [0.717, 1.165) is 0 Å². The molecule has 0 aliphatic carbocycles. The lowest BCUT2D eigenvalue weighted by atomic mass is 10.3. The van der Waals surface area contributed by atoms with Crippen LogP contribution in [0, 0.1) is 5.82 Å². The van der Waals surface area contributed by atoms with Gasteiger partial charge in [0.2, 0.25) is 0 Å². The highest BCUT2D eigenvalue weighted by Gasteiger charge is 2.02. The fourth-order valence-electron chi connectivity index (χ4n) is 0.538. The Bertz CT molecular complexity index is 214. The van der Waals surface area contributed by atoms with Gasteiger partial charge < -0.3 is 5.73 Å². The van der Waals surface area contributed by atoms with Crippen molar-refractivity contribution >= 4 is 33.2 Å². The van der Waals surface area contributed by atoms with E-state index in [1.54, 1.807) is 0 Å². The van der Waals surface area contributed by atoms with Gasteiger partial charge in [0, 0.05) is 0 Å². The summed E-state index contributed by atoms with van der Waals surface area (Å²) in [5.74, 6) is -0.404. The second-order valence-electron chi connectivity index (χ2n) is 1.79. The maximum atomic E-state index is 12.6. The van der Waals surface area contributed by atoms with E-state index in [-0.39, 0.29) is 5.02 Å². The minimum Gasteiger partial charge on any atom is -0.397 e. The molecule has 0 amide bonds. The zero-order valence-corrected chi connectivity index (χ0v) is 7.21. The van der Waals surface area contributed by atoms with Crippen LogP contribution in [0.1, 0.15) is 0 Å². The molecule has 1 aromatic rings. The van der Waals surface area contributed by atoms with Crippen molar-refractivity contribution in [2.24, 2.45) is 0 Å². The SMILES string of the molecule is Nc1cc(Br)c(F)cc1Cl. The first-order chi connectivity index (χ1) is 4.61. The molecule has 0 aliphatic heterocycles. The molecule has 1 rings (SSSR count). The maximum absolute atomic E-state index is 12.6. The van der Waals surface area contributed by atoms with E-state index in [1.807, 2.05) is 0 Å². The van der Waals surface area contributed by atoms with E-state index < -0.39 is 5.82 Å². The molecular formula is C6H4BrClFN. The first kappa shape index (κ1) is 7.82. The lowest BCUT2D eigenvalue weighted by molar-refractivity contribution is 0.621. The van der Waals surface area contributed by atoms with Gasteiger partial charge in [0.1, 0.15) is 5.82 Å². The fourth-order valence-corrected chi connectivity index (χ4v) is 1.05. The topological polar surface area (TPSA) is 26.0 Å². The molecule has 0 bridgehead atoms. The third-order valence-corrected chi connectivity index (χ3v) is 1.97. The zero-order valence-electron chi connectivity index (χ0n) is 4.87. The molecule has 0 saturated heterocycles. The first-order valence-corrected chi connectivity index (χ1v) is 3.68. The summed E-state index contributed by atoms with van der Waals surface area (Å²) >= 11 is 8.47. The average Bonchev–Trinajstić information content (AvgIpc) is 1.84. The number of hydrogen-bond acceptors (Lipinski definition) is 1. The quantitative estimate of drug-likeness (QED) is 0.532. The van der Waals surface area contributed by atoms with Crippen LogP contribution in [-0.4, -0.2) is 0 Å². The molecule has 54 valence electrons. The molecule has 0 aliphatic rings. The summed E-state index contributed by atoms with van der Waals surface area (Å²) in [4.78, 5) is 0. The number of hydrogen-bond donors (Lipinski definition) is 1. The Kier molecular flexibility index (Phi) is 2.16. The molecule has 1 nitrogen and oxygen atoms in total. The molecule has 1 aromatic carbocycles.